The Kier molecular flexibility index (Phi) is 5.18. The minimum absolute atomic E-state index is 0.163. The minimum atomic E-state index is -4.68. The summed E-state index contributed by atoms with van der Waals surface area (Å²) >= 11 is 3.07. The van der Waals surface area contributed by atoms with Crippen LogP contribution in [0.25, 0.3) is 0 Å². The first-order valence-electron chi connectivity index (χ1n) is 7.05. The maximum absolute atomic E-state index is 13.6. The molecule has 0 bridgehead atoms. The number of aromatic nitrogens is 2. The molecule has 2 heterocycles. The molecule has 0 aliphatic heterocycles. The van der Waals surface area contributed by atoms with Gasteiger partial charge in [-0.3, -0.25) is 4.98 Å². The number of rotatable bonds is 3. The molecule has 1 unspecified atom stereocenters. The highest BCUT2D eigenvalue weighted by molar-refractivity contribution is 9.10. The molecule has 0 spiro atoms. The number of hydrogen-bond acceptors (Lipinski definition) is 2. The van der Waals surface area contributed by atoms with E-state index in [4.69, 9.17) is 0 Å². The van der Waals surface area contributed by atoms with E-state index in [0.29, 0.717) is 6.07 Å². The van der Waals surface area contributed by atoms with Crippen LogP contribution in [0.4, 0.5) is 26.3 Å². The van der Waals surface area contributed by atoms with Gasteiger partial charge in [0, 0.05) is 24.0 Å². The van der Waals surface area contributed by atoms with Crippen molar-refractivity contribution < 1.29 is 26.3 Å². The lowest BCUT2D eigenvalue weighted by Crippen LogP contribution is -2.39. The van der Waals surface area contributed by atoms with Crippen LogP contribution in [0.3, 0.4) is 0 Å². The average molecular weight is 427 g/mol. The van der Waals surface area contributed by atoms with Crippen molar-refractivity contribution in [1.29, 1.82) is 0 Å². The molecular formula is C16H13BrF6N2. The van der Waals surface area contributed by atoms with Crippen molar-refractivity contribution in [3.05, 3.63) is 58.1 Å². The predicted octanol–water partition coefficient (Wildman–Crippen LogP) is 5.98. The summed E-state index contributed by atoms with van der Waals surface area (Å²) in [4.78, 5) is 7.66. The van der Waals surface area contributed by atoms with Gasteiger partial charge in [-0.05, 0) is 45.8 Å². The van der Waals surface area contributed by atoms with Crippen molar-refractivity contribution >= 4 is 15.9 Å². The number of nitrogens with zero attached hydrogens (tertiary/aromatic N) is 2. The quantitative estimate of drug-likeness (QED) is 0.445. The number of halogens is 7. The largest absolute Gasteiger partial charge is 0.416 e. The van der Waals surface area contributed by atoms with Crippen LogP contribution < -0.4 is 0 Å². The topological polar surface area (TPSA) is 25.8 Å². The molecule has 136 valence electrons. The van der Waals surface area contributed by atoms with Gasteiger partial charge >= 0.3 is 12.4 Å². The van der Waals surface area contributed by atoms with Gasteiger partial charge in [-0.25, -0.2) is 4.98 Å². The SMILES string of the molecule is CC(C)(C(c1ccnc(Br)c1)c1cc(C(F)(F)F)ccn1)C(F)(F)F. The Morgan fingerprint density at radius 3 is 2.04 bits per heavy atom. The van der Waals surface area contributed by atoms with Gasteiger partial charge < -0.3 is 0 Å². The summed E-state index contributed by atoms with van der Waals surface area (Å²) in [7, 11) is 0. The molecule has 2 nitrogen and oxygen atoms in total. The Morgan fingerprint density at radius 2 is 1.52 bits per heavy atom. The van der Waals surface area contributed by atoms with Gasteiger partial charge in [-0.1, -0.05) is 13.8 Å². The van der Waals surface area contributed by atoms with Crippen LogP contribution in [0.5, 0.6) is 0 Å². The first-order chi connectivity index (χ1) is 11.3. The normalized spacial score (nSPS) is 14.4. The van der Waals surface area contributed by atoms with Crippen molar-refractivity contribution in [3.8, 4) is 0 Å². The van der Waals surface area contributed by atoms with E-state index in [1.807, 2.05) is 0 Å². The van der Waals surface area contributed by atoms with E-state index >= 15 is 0 Å². The standard InChI is InChI=1S/C16H13BrF6N2/c1-14(2,16(21,22)23)13(9-3-5-25-12(17)7-9)11-8-10(4-6-24-11)15(18,19)20/h3-8,13H,1-2H3. The third-order valence-electron chi connectivity index (χ3n) is 3.94. The summed E-state index contributed by atoms with van der Waals surface area (Å²) in [5.41, 5.74) is -3.55. The number of pyridine rings is 2. The second kappa shape index (κ2) is 6.59. The first-order valence-corrected chi connectivity index (χ1v) is 7.84. The molecule has 0 fully saturated rings. The fourth-order valence-electron chi connectivity index (χ4n) is 2.50. The highest BCUT2D eigenvalue weighted by atomic mass is 79.9. The average Bonchev–Trinajstić information content (AvgIpc) is 2.45. The van der Waals surface area contributed by atoms with Gasteiger partial charge in [0.05, 0.1) is 11.0 Å². The monoisotopic (exact) mass is 426 g/mol. The van der Waals surface area contributed by atoms with Crippen LogP contribution in [0.15, 0.2) is 41.3 Å². The first kappa shape index (κ1) is 19.7. The van der Waals surface area contributed by atoms with Crippen LogP contribution in [-0.4, -0.2) is 16.1 Å². The van der Waals surface area contributed by atoms with Gasteiger partial charge in [0.25, 0.3) is 0 Å². The third kappa shape index (κ3) is 4.13. The maximum atomic E-state index is 13.6. The van der Waals surface area contributed by atoms with Gasteiger partial charge in [0.2, 0.25) is 0 Å². The zero-order valence-electron chi connectivity index (χ0n) is 13.1. The molecule has 25 heavy (non-hydrogen) atoms. The van der Waals surface area contributed by atoms with Crippen LogP contribution in [0, 0.1) is 5.41 Å². The molecule has 2 aromatic heterocycles. The highest BCUT2D eigenvalue weighted by Crippen LogP contribution is 2.51. The molecule has 1 atom stereocenters. The molecule has 0 N–H and O–H groups in total. The molecule has 0 radical (unpaired) electrons. The van der Waals surface area contributed by atoms with Crippen LogP contribution in [-0.2, 0) is 6.18 Å². The Balaban J connectivity index is 2.69. The van der Waals surface area contributed by atoms with E-state index in [-0.39, 0.29) is 15.9 Å². The molecule has 9 heteroatoms. The van der Waals surface area contributed by atoms with Gasteiger partial charge in [-0.15, -0.1) is 0 Å². The second-order valence-electron chi connectivity index (χ2n) is 6.03. The molecule has 0 saturated heterocycles. The molecule has 0 aliphatic rings. The minimum Gasteiger partial charge on any atom is -0.261 e. The Morgan fingerprint density at radius 1 is 0.920 bits per heavy atom. The molecule has 0 amide bonds. The lowest BCUT2D eigenvalue weighted by molar-refractivity contribution is -0.216. The zero-order valence-corrected chi connectivity index (χ0v) is 14.7. The van der Waals surface area contributed by atoms with Crippen molar-refractivity contribution in [3.63, 3.8) is 0 Å². The number of hydrogen-bond donors (Lipinski definition) is 0. The Bertz CT molecular complexity index is 755. The smallest absolute Gasteiger partial charge is 0.261 e. The van der Waals surface area contributed by atoms with Crippen molar-refractivity contribution in [1.82, 2.24) is 9.97 Å². The Labute approximate surface area is 148 Å². The van der Waals surface area contributed by atoms with Crippen molar-refractivity contribution in [2.24, 2.45) is 5.41 Å². The van der Waals surface area contributed by atoms with E-state index in [0.717, 1.165) is 26.1 Å². The molecule has 0 saturated carbocycles. The number of alkyl halides is 6. The van der Waals surface area contributed by atoms with Gasteiger partial charge in [-0.2, -0.15) is 26.3 Å². The fourth-order valence-corrected chi connectivity index (χ4v) is 2.88. The van der Waals surface area contributed by atoms with Crippen molar-refractivity contribution in [2.75, 3.05) is 0 Å². The Hall–Kier alpha value is -1.64. The van der Waals surface area contributed by atoms with Gasteiger partial charge in [0.1, 0.15) is 4.60 Å². The van der Waals surface area contributed by atoms with E-state index in [2.05, 4.69) is 25.9 Å². The molecule has 0 aromatic carbocycles. The van der Waals surface area contributed by atoms with E-state index in [1.54, 1.807) is 0 Å². The van der Waals surface area contributed by atoms with Crippen LogP contribution in [0.2, 0.25) is 0 Å². The molecule has 2 aromatic rings. The summed E-state index contributed by atoms with van der Waals surface area (Å²) in [6.45, 7) is 1.88. The van der Waals surface area contributed by atoms with E-state index < -0.39 is 29.2 Å². The predicted molar refractivity (Wildman–Crippen MR) is 82.9 cm³/mol. The van der Waals surface area contributed by atoms with E-state index in [1.165, 1.54) is 18.3 Å². The maximum Gasteiger partial charge on any atom is 0.416 e. The van der Waals surface area contributed by atoms with E-state index in [9.17, 15) is 26.3 Å². The fraction of sp³-hybridized carbons (Fsp3) is 0.375. The lowest BCUT2D eigenvalue weighted by atomic mass is 9.72. The summed E-state index contributed by atoms with van der Waals surface area (Å²) in [6.07, 6.45) is -7.19. The van der Waals surface area contributed by atoms with Crippen LogP contribution >= 0.6 is 15.9 Å². The molecular weight excluding hydrogens is 414 g/mol. The second-order valence-corrected chi connectivity index (χ2v) is 6.84. The summed E-state index contributed by atoms with van der Waals surface area (Å²) < 4.78 is 80.0. The lowest BCUT2D eigenvalue weighted by Gasteiger charge is -2.36. The summed E-state index contributed by atoms with van der Waals surface area (Å²) in [5, 5.41) is 0. The highest BCUT2D eigenvalue weighted by Gasteiger charge is 2.54. The molecule has 0 aliphatic carbocycles. The van der Waals surface area contributed by atoms with Crippen molar-refractivity contribution in [2.45, 2.75) is 32.1 Å². The zero-order chi connectivity index (χ0) is 19.0. The third-order valence-corrected chi connectivity index (χ3v) is 4.37. The summed E-state index contributed by atoms with van der Waals surface area (Å²) in [6, 6.07) is 4.07. The summed E-state index contributed by atoms with van der Waals surface area (Å²) in [5.74, 6) is -1.44. The van der Waals surface area contributed by atoms with Gasteiger partial charge in [0.15, 0.2) is 0 Å². The molecule has 2 rings (SSSR count). The van der Waals surface area contributed by atoms with Crippen LogP contribution in [0.1, 0.15) is 36.6 Å².